The molecule has 10 aromatic rings. The molecule has 52 heavy (non-hydrogen) atoms. The number of para-hydroxylation sites is 1. The largest absolute Gasteiger partial charge is 0.309 e. The molecular formula is C47H30N4S. The van der Waals surface area contributed by atoms with E-state index in [9.17, 15) is 0 Å². The molecule has 3 heterocycles. The minimum atomic E-state index is 0.645. The van der Waals surface area contributed by atoms with Crippen molar-refractivity contribution in [2.24, 2.45) is 0 Å². The highest BCUT2D eigenvalue weighted by atomic mass is 32.1. The van der Waals surface area contributed by atoms with Gasteiger partial charge in [-0.05, 0) is 70.5 Å². The van der Waals surface area contributed by atoms with E-state index in [1.807, 2.05) is 72.0 Å². The van der Waals surface area contributed by atoms with E-state index in [-0.39, 0.29) is 0 Å². The van der Waals surface area contributed by atoms with Gasteiger partial charge in [0, 0.05) is 48.3 Å². The van der Waals surface area contributed by atoms with E-state index < -0.39 is 0 Å². The average Bonchev–Trinajstić information content (AvgIpc) is 3.77. The molecule has 0 bridgehead atoms. The summed E-state index contributed by atoms with van der Waals surface area (Å²) in [5, 5.41) is 6.57. The van der Waals surface area contributed by atoms with Gasteiger partial charge >= 0.3 is 0 Å². The molecular weight excluding hydrogens is 653 g/mol. The first kappa shape index (κ1) is 29.3. The molecule has 244 valence electrons. The SMILES string of the molecule is c1ccc(-c2nc(-c3ccccc3)nc(-c3cccc(-n4c5ccccc5c5c6ccc7c(c6ccc54)-c4sc5ccccc5c4CC7)c3)n2)cc1. The third kappa shape index (κ3) is 4.49. The van der Waals surface area contributed by atoms with Crippen LogP contribution in [0.4, 0.5) is 0 Å². The van der Waals surface area contributed by atoms with Crippen molar-refractivity contribution in [3.8, 4) is 50.3 Å². The van der Waals surface area contributed by atoms with Gasteiger partial charge in [-0.25, -0.2) is 15.0 Å². The fraction of sp³-hybridized carbons (Fsp3) is 0.0426. The van der Waals surface area contributed by atoms with Gasteiger partial charge < -0.3 is 4.57 Å². The van der Waals surface area contributed by atoms with Crippen LogP contribution in [0.15, 0.2) is 158 Å². The van der Waals surface area contributed by atoms with E-state index in [0.29, 0.717) is 17.5 Å². The molecule has 1 aliphatic carbocycles. The van der Waals surface area contributed by atoms with Crippen molar-refractivity contribution in [1.82, 2.24) is 19.5 Å². The molecule has 1 aliphatic rings. The van der Waals surface area contributed by atoms with Crippen molar-refractivity contribution in [2.75, 3.05) is 0 Å². The third-order valence-electron chi connectivity index (χ3n) is 10.6. The van der Waals surface area contributed by atoms with Crippen LogP contribution >= 0.6 is 11.3 Å². The average molecular weight is 683 g/mol. The first-order valence-corrected chi connectivity index (χ1v) is 18.6. The van der Waals surface area contributed by atoms with Gasteiger partial charge in [-0.15, -0.1) is 11.3 Å². The van der Waals surface area contributed by atoms with Crippen molar-refractivity contribution in [3.05, 3.63) is 169 Å². The number of thiophene rings is 1. The van der Waals surface area contributed by atoms with Crippen LogP contribution in [0.2, 0.25) is 0 Å². The van der Waals surface area contributed by atoms with E-state index in [2.05, 4.69) is 102 Å². The zero-order valence-electron chi connectivity index (χ0n) is 28.1. The van der Waals surface area contributed by atoms with Gasteiger partial charge in [-0.3, -0.25) is 0 Å². The Balaban J connectivity index is 1.12. The lowest BCUT2D eigenvalue weighted by atomic mass is 9.86. The second-order valence-corrected chi connectivity index (χ2v) is 14.6. The van der Waals surface area contributed by atoms with Gasteiger partial charge in [0.25, 0.3) is 0 Å². The highest BCUT2D eigenvalue weighted by molar-refractivity contribution is 7.22. The van der Waals surface area contributed by atoms with Crippen molar-refractivity contribution < 1.29 is 0 Å². The van der Waals surface area contributed by atoms with E-state index in [4.69, 9.17) is 15.0 Å². The molecule has 0 saturated heterocycles. The summed E-state index contributed by atoms with van der Waals surface area (Å²) in [6.07, 6.45) is 2.16. The van der Waals surface area contributed by atoms with E-state index in [0.717, 1.165) is 35.2 Å². The molecule has 0 spiro atoms. The number of fused-ring (bicyclic) bond motifs is 11. The lowest BCUT2D eigenvalue weighted by molar-refractivity contribution is 0.960. The van der Waals surface area contributed by atoms with Crippen LogP contribution < -0.4 is 0 Å². The fourth-order valence-electron chi connectivity index (χ4n) is 8.20. The molecule has 0 saturated carbocycles. The second-order valence-electron chi connectivity index (χ2n) is 13.5. The second kappa shape index (κ2) is 11.6. The van der Waals surface area contributed by atoms with Crippen molar-refractivity contribution in [1.29, 1.82) is 0 Å². The number of rotatable bonds is 4. The Bertz CT molecular complexity index is 2960. The lowest BCUT2D eigenvalue weighted by Gasteiger charge is -2.19. The maximum Gasteiger partial charge on any atom is 0.164 e. The minimum absolute atomic E-state index is 0.645. The predicted octanol–water partition coefficient (Wildman–Crippen LogP) is 12.1. The molecule has 4 nitrogen and oxygen atoms in total. The van der Waals surface area contributed by atoms with Crippen LogP contribution in [0.25, 0.3) is 93.0 Å². The number of hydrogen-bond donors (Lipinski definition) is 0. The molecule has 3 aromatic heterocycles. The van der Waals surface area contributed by atoms with Gasteiger partial charge in [0.2, 0.25) is 0 Å². The Morgan fingerprint density at radius 3 is 1.87 bits per heavy atom. The summed E-state index contributed by atoms with van der Waals surface area (Å²) in [7, 11) is 0. The topological polar surface area (TPSA) is 43.6 Å². The first-order valence-electron chi connectivity index (χ1n) is 17.7. The van der Waals surface area contributed by atoms with Crippen LogP contribution in [0.1, 0.15) is 11.1 Å². The van der Waals surface area contributed by atoms with Crippen molar-refractivity contribution >= 4 is 54.0 Å². The van der Waals surface area contributed by atoms with Gasteiger partial charge in [0.1, 0.15) is 0 Å². The highest BCUT2D eigenvalue weighted by Gasteiger charge is 2.25. The molecule has 7 aromatic carbocycles. The van der Waals surface area contributed by atoms with Gasteiger partial charge in [-0.2, -0.15) is 0 Å². The molecule has 0 atom stereocenters. The van der Waals surface area contributed by atoms with Crippen LogP contribution in [0.5, 0.6) is 0 Å². The maximum absolute atomic E-state index is 5.03. The van der Waals surface area contributed by atoms with Crippen molar-refractivity contribution in [2.45, 2.75) is 12.8 Å². The predicted molar refractivity (Wildman–Crippen MR) is 216 cm³/mol. The minimum Gasteiger partial charge on any atom is -0.309 e. The number of nitrogens with zero attached hydrogens (tertiary/aromatic N) is 4. The summed E-state index contributed by atoms with van der Waals surface area (Å²) in [6.45, 7) is 0. The normalized spacial score (nSPS) is 12.5. The summed E-state index contributed by atoms with van der Waals surface area (Å²) in [5.74, 6) is 1.96. The maximum atomic E-state index is 5.03. The molecule has 0 aliphatic heterocycles. The van der Waals surface area contributed by atoms with Crippen LogP contribution in [-0.2, 0) is 12.8 Å². The smallest absolute Gasteiger partial charge is 0.164 e. The van der Waals surface area contributed by atoms with E-state index in [1.165, 1.54) is 64.2 Å². The number of hydrogen-bond acceptors (Lipinski definition) is 4. The summed E-state index contributed by atoms with van der Waals surface area (Å²) in [5.41, 5.74) is 10.6. The standard InChI is InChI=1S/C47H30N4S/c1-3-12-30(13-4-1)45-48-46(31-14-5-2-6-15-31)50-47(49-45)32-16-11-17-33(28-32)51-39-20-9-7-19-38(39)43-36-24-22-29-23-25-37-34-18-8-10-21-41(34)52-44(37)42(29)35(36)26-27-40(43)51/h1-22,24,26-28H,23,25H2. The monoisotopic (exact) mass is 682 g/mol. The molecule has 0 unspecified atom stereocenters. The number of aryl methyl sites for hydroxylation is 2. The van der Waals surface area contributed by atoms with Crippen LogP contribution in [-0.4, -0.2) is 19.5 Å². The van der Waals surface area contributed by atoms with Gasteiger partial charge in [0.05, 0.1) is 11.0 Å². The highest BCUT2D eigenvalue weighted by Crippen LogP contribution is 2.48. The van der Waals surface area contributed by atoms with E-state index in [1.54, 1.807) is 0 Å². The van der Waals surface area contributed by atoms with Crippen molar-refractivity contribution in [3.63, 3.8) is 0 Å². The summed E-state index contributed by atoms with van der Waals surface area (Å²) >= 11 is 1.95. The first-order chi connectivity index (χ1) is 25.8. The molecule has 11 rings (SSSR count). The third-order valence-corrected chi connectivity index (χ3v) is 11.8. The summed E-state index contributed by atoms with van der Waals surface area (Å²) in [4.78, 5) is 16.4. The molecule has 0 N–H and O–H groups in total. The Labute approximate surface area is 304 Å². The Kier molecular flexibility index (Phi) is 6.51. The zero-order valence-corrected chi connectivity index (χ0v) is 28.9. The quantitative estimate of drug-likeness (QED) is 0.186. The molecule has 5 heteroatoms. The van der Waals surface area contributed by atoms with Crippen LogP contribution in [0, 0.1) is 0 Å². The zero-order chi connectivity index (χ0) is 34.2. The molecule has 0 radical (unpaired) electrons. The summed E-state index contributed by atoms with van der Waals surface area (Å²) in [6, 6.07) is 56.0. The Morgan fingerprint density at radius 1 is 0.462 bits per heavy atom. The Hall–Kier alpha value is -6.43. The molecule has 0 fully saturated rings. The van der Waals surface area contributed by atoms with Gasteiger partial charge in [0.15, 0.2) is 17.5 Å². The lowest BCUT2D eigenvalue weighted by Crippen LogP contribution is -2.02. The van der Waals surface area contributed by atoms with Gasteiger partial charge in [-0.1, -0.05) is 127 Å². The number of aromatic nitrogens is 4. The fourth-order valence-corrected chi connectivity index (χ4v) is 9.55. The summed E-state index contributed by atoms with van der Waals surface area (Å²) < 4.78 is 3.77. The molecule has 0 amide bonds. The van der Waals surface area contributed by atoms with Crippen LogP contribution in [0.3, 0.4) is 0 Å². The Morgan fingerprint density at radius 2 is 1.10 bits per heavy atom. The van der Waals surface area contributed by atoms with E-state index >= 15 is 0 Å². The number of benzene rings is 7.